The highest BCUT2D eigenvalue weighted by atomic mass is 35.5. The van der Waals surface area contributed by atoms with Gasteiger partial charge in [0.05, 0.1) is 16.2 Å². The second-order valence-electron chi connectivity index (χ2n) is 6.37. The molecule has 2 heterocycles. The molecule has 4 rings (SSSR count). The normalized spacial score (nSPS) is 11.0. The lowest BCUT2D eigenvalue weighted by Crippen LogP contribution is -2.23. The van der Waals surface area contributed by atoms with E-state index in [0.29, 0.717) is 16.3 Å². The summed E-state index contributed by atoms with van der Waals surface area (Å²) in [6.45, 7) is 1.40. The van der Waals surface area contributed by atoms with E-state index in [1.165, 1.54) is 0 Å². The third-order valence-electron chi connectivity index (χ3n) is 4.42. The summed E-state index contributed by atoms with van der Waals surface area (Å²) in [5, 5.41) is 5.43. The molecule has 4 aromatic rings. The standard InChI is InChI=1S/C21H16ClN3O4/c1-13-15-9-5-6-10-16(15)23-17(19(13)22)12-28-18(26)11-25-21(27)29-20(24-25)14-7-3-2-4-8-14/h2-10H,11-12H2,1H3. The zero-order valence-electron chi connectivity index (χ0n) is 15.5. The van der Waals surface area contributed by atoms with Crippen LogP contribution in [0.15, 0.2) is 63.8 Å². The first-order valence-electron chi connectivity index (χ1n) is 8.85. The topological polar surface area (TPSA) is 87.2 Å². The van der Waals surface area contributed by atoms with Crippen molar-refractivity contribution in [3.05, 3.63) is 81.4 Å². The summed E-state index contributed by atoms with van der Waals surface area (Å²) >= 11 is 6.38. The fraction of sp³-hybridized carbons (Fsp3) is 0.143. The van der Waals surface area contributed by atoms with Gasteiger partial charge in [0.15, 0.2) is 0 Å². The van der Waals surface area contributed by atoms with E-state index in [-0.39, 0.29) is 19.0 Å². The van der Waals surface area contributed by atoms with Crippen LogP contribution in [-0.2, 0) is 22.7 Å². The number of pyridine rings is 1. The quantitative estimate of drug-likeness (QED) is 0.466. The summed E-state index contributed by atoms with van der Waals surface area (Å²) < 4.78 is 11.3. The molecule has 2 aromatic carbocycles. The number of hydrogen-bond acceptors (Lipinski definition) is 6. The van der Waals surface area contributed by atoms with Gasteiger partial charge in [0, 0.05) is 10.9 Å². The fourth-order valence-corrected chi connectivity index (χ4v) is 3.13. The predicted molar refractivity (Wildman–Crippen MR) is 107 cm³/mol. The minimum absolute atomic E-state index is 0.110. The van der Waals surface area contributed by atoms with Crippen LogP contribution < -0.4 is 5.76 Å². The van der Waals surface area contributed by atoms with E-state index in [1.54, 1.807) is 24.3 Å². The minimum Gasteiger partial charge on any atom is -0.458 e. The first kappa shape index (κ1) is 18.9. The third-order valence-corrected chi connectivity index (χ3v) is 4.92. The first-order chi connectivity index (χ1) is 14.0. The molecule has 0 amide bonds. The van der Waals surface area contributed by atoms with Crippen molar-refractivity contribution in [1.82, 2.24) is 14.8 Å². The van der Waals surface area contributed by atoms with Gasteiger partial charge in [0.2, 0.25) is 5.89 Å². The van der Waals surface area contributed by atoms with Gasteiger partial charge in [-0.25, -0.2) is 9.78 Å². The number of esters is 1. The fourth-order valence-electron chi connectivity index (χ4n) is 2.93. The number of carbonyl (C=O) groups is 1. The highest BCUT2D eigenvalue weighted by molar-refractivity contribution is 6.32. The number of fused-ring (bicyclic) bond motifs is 1. The average Bonchev–Trinajstić information content (AvgIpc) is 3.10. The molecular formula is C21H16ClN3O4. The summed E-state index contributed by atoms with van der Waals surface area (Å²) in [5.41, 5.74) is 2.72. The van der Waals surface area contributed by atoms with Crippen LogP contribution in [0.2, 0.25) is 5.02 Å². The molecule has 8 heteroatoms. The van der Waals surface area contributed by atoms with Crippen LogP contribution in [0.5, 0.6) is 0 Å². The molecule has 146 valence electrons. The number of aromatic nitrogens is 3. The van der Waals surface area contributed by atoms with Crippen LogP contribution >= 0.6 is 11.6 Å². The average molecular weight is 410 g/mol. The Bertz CT molecular complexity index is 1250. The van der Waals surface area contributed by atoms with Crippen molar-refractivity contribution in [1.29, 1.82) is 0 Å². The number of hydrogen-bond donors (Lipinski definition) is 0. The number of nitrogens with zero attached hydrogens (tertiary/aromatic N) is 3. The summed E-state index contributed by atoms with van der Waals surface area (Å²) in [5.74, 6) is -1.25. The number of carbonyl (C=O) groups excluding carboxylic acids is 1. The van der Waals surface area contributed by atoms with Gasteiger partial charge < -0.3 is 9.15 Å². The van der Waals surface area contributed by atoms with Gasteiger partial charge >= 0.3 is 11.7 Å². The summed E-state index contributed by atoms with van der Waals surface area (Å²) in [6, 6.07) is 16.5. The van der Waals surface area contributed by atoms with E-state index in [1.807, 2.05) is 37.3 Å². The van der Waals surface area contributed by atoms with Crippen molar-refractivity contribution in [3.63, 3.8) is 0 Å². The molecule has 0 aliphatic heterocycles. The second kappa shape index (κ2) is 7.89. The Labute approximate surface area is 170 Å². The number of benzene rings is 2. The van der Waals surface area contributed by atoms with Gasteiger partial charge in [-0.3, -0.25) is 4.79 Å². The van der Waals surface area contributed by atoms with E-state index in [2.05, 4.69) is 10.1 Å². The molecule has 0 bridgehead atoms. The highest BCUT2D eigenvalue weighted by Crippen LogP contribution is 2.27. The number of halogens is 1. The van der Waals surface area contributed by atoms with E-state index in [9.17, 15) is 9.59 Å². The Kier molecular flexibility index (Phi) is 5.14. The highest BCUT2D eigenvalue weighted by Gasteiger charge is 2.16. The molecule has 0 saturated carbocycles. The van der Waals surface area contributed by atoms with Gasteiger partial charge in [-0.05, 0) is 30.7 Å². The van der Waals surface area contributed by atoms with Crippen LogP contribution in [0.3, 0.4) is 0 Å². The zero-order valence-corrected chi connectivity index (χ0v) is 16.2. The van der Waals surface area contributed by atoms with Gasteiger partial charge in [-0.15, -0.1) is 5.10 Å². The SMILES string of the molecule is Cc1c(Cl)c(COC(=O)Cn2nc(-c3ccccc3)oc2=O)nc2ccccc12. The monoisotopic (exact) mass is 409 g/mol. The van der Waals surface area contributed by atoms with Gasteiger partial charge in [-0.1, -0.05) is 48.0 Å². The third kappa shape index (κ3) is 3.90. The number of aryl methyl sites for hydroxylation is 1. The molecule has 0 fully saturated rings. The van der Waals surface area contributed by atoms with Crippen LogP contribution in [-0.4, -0.2) is 20.7 Å². The number of rotatable bonds is 5. The molecular weight excluding hydrogens is 394 g/mol. The lowest BCUT2D eigenvalue weighted by molar-refractivity contribution is -0.146. The molecule has 0 unspecified atom stereocenters. The zero-order chi connectivity index (χ0) is 20.4. The van der Waals surface area contributed by atoms with Crippen LogP contribution in [0.25, 0.3) is 22.4 Å². The molecule has 0 spiro atoms. The summed E-state index contributed by atoms with van der Waals surface area (Å²) in [4.78, 5) is 28.6. The Morgan fingerprint density at radius 2 is 1.86 bits per heavy atom. The molecule has 7 nitrogen and oxygen atoms in total. The second-order valence-corrected chi connectivity index (χ2v) is 6.75. The van der Waals surface area contributed by atoms with Crippen molar-refractivity contribution in [2.24, 2.45) is 0 Å². The van der Waals surface area contributed by atoms with Crippen molar-refractivity contribution >= 4 is 28.5 Å². The van der Waals surface area contributed by atoms with Crippen LogP contribution in [0, 0.1) is 6.92 Å². The summed E-state index contributed by atoms with van der Waals surface area (Å²) in [7, 11) is 0. The van der Waals surface area contributed by atoms with Crippen molar-refractivity contribution < 1.29 is 13.9 Å². The number of ether oxygens (including phenoxy) is 1. The van der Waals surface area contributed by atoms with Gasteiger partial charge in [0.25, 0.3) is 0 Å². The molecule has 0 aliphatic carbocycles. The molecule has 29 heavy (non-hydrogen) atoms. The van der Waals surface area contributed by atoms with Crippen molar-refractivity contribution in [3.8, 4) is 11.5 Å². The molecule has 0 saturated heterocycles. The Morgan fingerprint density at radius 1 is 1.14 bits per heavy atom. The van der Waals surface area contributed by atoms with Gasteiger partial charge in [-0.2, -0.15) is 4.68 Å². The van der Waals surface area contributed by atoms with E-state index in [4.69, 9.17) is 20.8 Å². The molecule has 0 N–H and O–H groups in total. The largest absolute Gasteiger partial charge is 0.458 e. The molecule has 0 aliphatic rings. The first-order valence-corrected chi connectivity index (χ1v) is 9.23. The van der Waals surface area contributed by atoms with E-state index < -0.39 is 11.7 Å². The smallest absolute Gasteiger partial charge is 0.437 e. The Balaban J connectivity index is 1.48. The maximum Gasteiger partial charge on any atom is 0.437 e. The minimum atomic E-state index is -0.737. The number of para-hydroxylation sites is 1. The molecule has 2 aromatic heterocycles. The van der Waals surface area contributed by atoms with Crippen molar-refractivity contribution in [2.45, 2.75) is 20.1 Å². The molecule has 0 radical (unpaired) electrons. The lowest BCUT2D eigenvalue weighted by atomic mass is 10.1. The lowest BCUT2D eigenvalue weighted by Gasteiger charge is -2.10. The maximum absolute atomic E-state index is 12.2. The summed E-state index contributed by atoms with van der Waals surface area (Å²) in [6.07, 6.45) is 0. The van der Waals surface area contributed by atoms with Gasteiger partial charge in [0.1, 0.15) is 13.2 Å². The Morgan fingerprint density at radius 3 is 2.66 bits per heavy atom. The predicted octanol–water partition coefficient (Wildman–Crippen LogP) is 3.76. The molecule has 0 atom stereocenters. The van der Waals surface area contributed by atoms with E-state index >= 15 is 0 Å². The maximum atomic E-state index is 12.2. The van der Waals surface area contributed by atoms with E-state index in [0.717, 1.165) is 21.1 Å². The van der Waals surface area contributed by atoms with Crippen LogP contribution in [0.4, 0.5) is 0 Å². The van der Waals surface area contributed by atoms with Crippen LogP contribution in [0.1, 0.15) is 11.3 Å². The Hall–Kier alpha value is -3.45. The van der Waals surface area contributed by atoms with Crippen molar-refractivity contribution in [2.75, 3.05) is 0 Å².